The van der Waals surface area contributed by atoms with Crippen molar-refractivity contribution >= 4 is 23.9 Å². The van der Waals surface area contributed by atoms with Crippen LogP contribution in [0.5, 0.6) is 0 Å². The van der Waals surface area contributed by atoms with Gasteiger partial charge in [0.25, 0.3) is 0 Å². The van der Waals surface area contributed by atoms with Gasteiger partial charge in [-0.25, -0.2) is 0 Å². The van der Waals surface area contributed by atoms with Gasteiger partial charge in [0.15, 0.2) is 0 Å². The highest BCUT2D eigenvalue weighted by atomic mass is 16.6. The quantitative estimate of drug-likeness (QED) is 0.128. The monoisotopic (exact) mass is 715 g/mol. The van der Waals surface area contributed by atoms with Gasteiger partial charge >= 0.3 is 23.9 Å². The van der Waals surface area contributed by atoms with Crippen LogP contribution < -0.4 is 0 Å². The van der Waals surface area contributed by atoms with Gasteiger partial charge in [-0.1, -0.05) is 32.1 Å². The Bertz CT molecular complexity index is 974. The van der Waals surface area contributed by atoms with Crippen LogP contribution in [0.15, 0.2) is 0 Å². The van der Waals surface area contributed by atoms with Crippen LogP contribution in [-0.2, 0) is 33.4 Å². The molecule has 0 spiro atoms. The number of hydrogen-bond donors (Lipinski definition) is 2. The van der Waals surface area contributed by atoms with E-state index in [4.69, 9.17) is 19.3 Å². The van der Waals surface area contributed by atoms with Crippen molar-refractivity contribution in [2.75, 3.05) is 78.5 Å². The van der Waals surface area contributed by atoms with Gasteiger partial charge in [-0.2, -0.15) is 0 Å². The molecule has 0 aliphatic carbocycles. The number of aliphatic carboxylic acids is 1. The minimum atomic E-state index is -0.754. The molecule has 2 N–H and O–H groups in total. The van der Waals surface area contributed by atoms with Crippen LogP contribution in [0.25, 0.3) is 0 Å². The van der Waals surface area contributed by atoms with Crippen LogP contribution in [0.3, 0.4) is 0 Å². The molecule has 50 heavy (non-hydrogen) atoms. The van der Waals surface area contributed by atoms with Gasteiger partial charge in [0.05, 0.1) is 25.7 Å². The number of aliphatic hydroxyl groups excluding tert-OH is 1. The van der Waals surface area contributed by atoms with E-state index >= 15 is 0 Å². The molecule has 1 unspecified atom stereocenters. The third-order valence-corrected chi connectivity index (χ3v) is 7.89. The van der Waals surface area contributed by atoms with E-state index in [0.29, 0.717) is 71.7 Å². The lowest BCUT2D eigenvalue weighted by atomic mass is 10.1. The first kappa shape index (κ1) is 45.7. The predicted octanol–water partition coefficient (Wildman–Crippen LogP) is 3.80. The Morgan fingerprint density at radius 1 is 0.520 bits per heavy atom. The third kappa shape index (κ3) is 25.6. The lowest BCUT2D eigenvalue weighted by molar-refractivity contribution is -0.158. The second kappa shape index (κ2) is 22.6. The number of carbonyl (C=O) groups is 4. The third-order valence-electron chi connectivity index (χ3n) is 7.89. The average Bonchev–Trinajstić information content (AvgIpc) is 2.92. The summed E-state index contributed by atoms with van der Waals surface area (Å²) in [5, 5.41) is 19.8. The van der Waals surface area contributed by atoms with Crippen molar-refractivity contribution in [3.05, 3.63) is 0 Å². The molecule has 0 aromatic carbocycles. The van der Waals surface area contributed by atoms with E-state index in [9.17, 15) is 24.3 Å². The van der Waals surface area contributed by atoms with Crippen LogP contribution in [0.4, 0.5) is 0 Å². The van der Waals surface area contributed by atoms with Crippen LogP contribution in [0.1, 0.15) is 114 Å². The topological polar surface area (TPSA) is 149 Å². The first-order chi connectivity index (χ1) is 23.1. The standard InChI is InChI=1S/C37H70N4O9/c1-35(2,3)48-32(45)27-39-20-18-38(26-30(42)16-14-12-10-11-13-15-17-31(43)44)19-21-40(28-33(46)49-36(4,5)6)23-25-41(24-22-39)29-34(47)50-37(7,8)9/h30,42H,10-29H2,1-9H3,(H,43,44). The first-order valence-electron chi connectivity index (χ1n) is 18.5. The maximum absolute atomic E-state index is 12.9. The van der Waals surface area contributed by atoms with E-state index in [2.05, 4.69) is 4.90 Å². The van der Waals surface area contributed by atoms with Crippen LogP contribution >= 0.6 is 0 Å². The normalized spacial score (nSPS) is 17.7. The molecule has 1 aliphatic rings. The molecule has 1 heterocycles. The van der Waals surface area contributed by atoms with E-state index in [-0.39, 0.29) is 44.0 Å². The number of carbonyl (C=O) groups excluding carboxylic acids is 3. The SMILES string of the molecule is CC(C)(C)OC(=O)CN1CCN(CC(=O)OC(C)(C)C)CCN(CC(O)CCCCCCCCC(=O)O)CCN(CC(=O)OC(C)(C)C)CC1. The van der Waals surface area contributed by atoms with E-state index in [1.165, 1.54) is 0 Å². The summed E-state index contributed by atoms with van der Waals surface area (Å²) in [4.78, 5) is 57.7. The Morgan fingerprint density at radius 2 is 0.820 bits per heavy atom. The van der Waals surface area contributed by atoms with Gasteiger partial charge in [0, 0.05) is 65.3 Å². The summed E-state index contributed by atoms with van der Waals surface area (Å²) in [5.74, 6) is -1.72. The first-order valence-corrected chi connectivity index (χ1v) is 18.5. The second-order valence-corrected chi connectivity index (χ2v) is 16.6. The number of carboxylic acid groups (broad SMARTS) is 1. The summed E-state index contributed by atoms with van der Waals surface area (Å²) >= 11 is 0. The molecule has 1 atom stereocenters. The minimum Gasteiger partial charge on any atom is -0.481 e. The smallest absolute Gasteiger partial charge is 0.320 e. The lowest BCUT2D eigenvalue weighted by Crippen LogP contribution is -2.50. The van der Waals surface area contributed by atoms with E-state index in [1.54, 1.807) is 0 Å². The zero-order chi connectivity index (χ0) is 38.0. The van der Waals surface area contributed by atoms with Gasteiger partial charge in [0.2, 0.25) is 0 Å². The van der Waals surface area contributed by atoms with Crippen molar-refractivity contribution in [1.29, 1.82) is 0 Å². The number of rotatable bonds is 17. The Hall–Kier alpha value is -2.32. The Balaban J connectivity index is 3.06. The number of esters is 3. The average molecular weight is 715 g/mol. The maximum atomic E-state index is 12.9. The lowest BCUT2D eigenvalue weighted by Gasteiger charge is -2.35. The number of aliphatic hydroxyl groups is 1. The second-order valence-electron chi connectivity index (χ2n) is 16.6. The molecule has 1 saturated heterocycles. The summed E-state index contributed by atoms with van der Waals surface area (Å²) in [5.41, 5.74) is -1.84. The number of hydrogen-bond acceptors (Lipinski definition) is 12. The highest BCUT2D eigenvalue weighted by molar-refractivity contribution is 5.73. The van der Waals surface area contributed by atoms with Crippen molar-refractivity contribution in [3.63, 3.8) is 0 Å². The molecule has 1 aliphatic heterocycles. The molecule has 0 radical (unpaired) electrons. The fourth-order valence-electron chi connectivity index (χ4n) is 5.66. The Labute approximate surface area is 301 Å². The minimum absolute atomic E-state index is 0.0818. The summed E-state index contributed by atoms with van der Waals surface area (Å²) in [6, 6.07) is 0. The number of carboxylic acids is 1. The van der Waals surface area contributed by atoms with Crippen molar-refractivity contribution in [2.24, 2.45) is 0 Å². The molecule has 1 fully saturated rings. The van der Waals surface area contributed by atoms with Gasteiger partial charge in [-0.15, -0.1) is 0 Å². The molecule has 0 amide bonds. The van der Waals surface area contributed by atoms with E-state index < -0.39 is 28.9 Å². The maximum Gasteiger partial charge on any atom is 0.320 e. The number of β-amino-alcohol motifs (C(OH)–C–C–N with tert-alkyl or cyclic N) is 1. The molecule has 0 saturated carbocycles. The molecular formula is C37H70N4O9. The zero-order valence-electron chi connectivity index (χ0n) is 32.8. The highest BCUT2D eigenvalue weighted by Gasteiger charge is 2.26. The fraction of sp³-hybridized carbons (Fsp3) is 0.892. The summed E-state index contributed by atoms with van der Waals surface area (Å²) < 4.78 is 16.9. The van der Waals surface area contributed by atoms with E-state index in [1.807, 2.05) is 77.0 Å². The van der Waals surface area contributed by atoms with Crippen molar-refractivity contribution < 1.29 is 43.6 Å². The number of nitrogens with zero attached hydrogens (tertiary/aromatic N) is 4. The van der Waals surface area contributed by atoms with Crippen molar-refractivity contribution in [2.45, 2.75) is 137 Å². The van der Waals surface area contributed by atoms with Crippen LogP contribution in [-0.4, -0.2) is 155 Å². The van der Waals surface area contributed by atoms with Crippen LogP contribution in [0.2, 0.25) is 0 Å². The Morgan fingerprint density at radius 3 is 1.14 bits per heavy atom. The molecular weight excluding hydrogens is 644 g/mol. The fourth-order valence-corrected chi connectivity index (χ4v) is 5.66. The summed E-state index contributed by atoms with van der Waals surface area (Å²) in [6.07, 6.45) is 5.82. The largest absolute Gasteiger partial charge is 0.481 e. The zero-order valence-corrected chi connectivity index (χ0v) is 32.8. The molecule has 13 heteroatoms. The highest BCUT2D eigenvalue weighted by Crippen LogP contribution is 2.13. The molecule has 0 aromatic rings. The van der Waals surface area contributed by atoms with Gasteiger partial charge in [-0.05, 0) is 75.2 Å². The van der Waals surface area contributed by atoms with Gasteiger partial charge in [0.1, 0.15) is 16.8 Å². The molecule has 13 nitrogen and oxygen atoms in total. The van der Waals surface area contributed by atoms with Crippen molar-refractivity contribution in [3.8, 4) is 0 Å². The summed E-state index contributed by atoms with van der Waals surface area (Å²) in [7, 11) is 0. The van der Waals surface area contributed by atoms with Crippen LogP contribution in [0, 0.1) is 0 Å². The van der Waals surface area contributed by atoms with E-state index in [0.717, 1.165) is 32.1 Å². The molecule has 1 rings (SSSR count). The van der Waals surface area contributed by atoms with Gasteiger partial charge in [-0.3, -0.25) is 38.8 Å². The van der Waals surface area contributed by atoms with Crippen molar-refractivity contribution in [1.82, 2.24) is 19.6 Å². The molecule has 0 bridgehead atoms. The number of ether oxygens (including phenoxy) is 3. The molecule has 0 aromatic heterocycles. The predicted molar refractivity (Wildman–Crippen MR) is 194 cm³/mol. The Kier molecular flexibility index (Phi) is 20.6. The molecule has 292 valence electrons. The summed E-state index contributed by atoms with van der Waals surface area (Å²) in [6.45, 7) is 21.6. The van der Waals surface area contributed by atoms with Gasteiger partial charge < -0.3 is 24.4 Å². The number of unbranched alkanes of at least 4 members (excludes halogenated alkanes) is 5.